The molecule has 29 heavy (non-hydrogen) atoms. The van der Waals surface area contributed by atoms with Gasteiger partial charge in [-0.2, -0.15) is 0 Å². The quantitative estimate of drug-likeness (QED) is 0.621. The van der Waals surface area contributed by atoms with Gasteiger partial charge in [0.1, 0.15) is 6.10 Å². The maximum Gasteiger partial charge on any atom is 0.339 e. The number of aryl methyl sites for hydroxylation is 3. The first-order valence-corrected chi connectivity index (χ1v) is 9.70. The predicted molar refractivity (Wildman–Crippen MR) is 113 cm³/mol. The van der Waals surface area contributed by atoms with E-state index in [1.54, 1.807) is 18.2 Å². The minimum absolute atomic E-state index is 0.188. The highest BCUT2D eigenvalue weighted by atomic mass is 16.5. The molecule has 0 bridgehead atoms. The Labute approximate surface area is 170 Å². The van der Waals surface area contributed by atoms with Gasteiger partial charge < -0.3 is 10.1 Å². The molecule has 0 radical (unpaired) electrons. The van der Waals surface area contributed by atoms with Crippen molar-refractivity contribution < 1.29 is 14.3 Å². The summed E-state index contributed by atoms with van der Waals surface area (Å²) in [6.45, 7) is 5.97. The van der Waals surface area contributed by atoms with Crippen LogP contribution in [0.2, 0.25) is 0 Å². The Hall–Kier alpha value is -3.40. The van der Waals surface area contributed by atoms with Gasteiger partial charge in [0.05, 0.1) is 5.56 Å². The topological polar surface area (TPSA) is 55.4 Å². The average molecular weight is 385 g/mol. The van der Waals surface area contributed by atoms with Gasteiger partial charge in [-0.25, -0.2) is 4.79 Å². The number of esters is 1. The average Bonchev–Trinajstić information content (AvgIpc) is 2.70. The Morgan fingerprint density at radius 3 is 2.41 bits per heavy atom. The summed E-state index contributed by atoms with van der Waals surface area (Å²) < 4.78 is 5.62. The molecule has 3 aromatic rings. The fourth-order valence-corrected chi connectivity index (χ4v) is 3.57. The molecule has 4 rings (SSSR count). The first kappa shape index (κ1) is 18.9. The highest BCUT2D eigenvalue weighted by molar-refractivity contribution is 6.05. The van der Waals surface area contributed by atoms with Crippen molar-refractivity contribution in [3.8, 4) is 0 Å². The van der Waals surface area contributed by atoms with Crippen LogP contribution in [0.4, 0.5) is 5.69 Å². The van der Waals surface area contributed by atoms with Crippen molar-refractivity contribution in [1.82, 2.24) is 0 Å². The van der Waals surface area contributed by atoms with Gasteiger partial charge >= 0.3 is 5.97 Å². The lowest BCUT2D eigenvalue weighted by Gasteiger charge is -2.25. The van der Waals surface area contributed by atoms with Gasteiger partial charge in [0.25, 0.3) is 5.91 Å². The second kappa shape index (κ2) is 7.55. The van der Waals surface area contributed by atoms with E-state index in [4.69, 9.17) is 4.74 Å². The number of hydrogen-bond donors (Lipinski definition) is 1. The molecule has 0 saturated carbocycles. The molecular formula is C25H23NO3. The molecule has 1 heterocycles. The van der Waals surface area contributed by atoms with Gasteiger partial charge in [0.2, 0.25) is 0 Å². The zero-order valence-electron chi connectivity index (χ0n) is 16.8. The van der Waals surface area contributed by atoms with Gasteiger partial charge in [-0.1, -0.05) is 42.0 Å². The third-order valence-corrected chi connectivity index (χ3v) is 5.33. The second-order valence-corrected chi connectivity index (χ2v) is 7.65. The molecule has 4 heteroatoms. The molecule has 3 aromatic carbocycles. The van der Waals surface area contributed by atoms with E-state index in [9.17, 15) is 9.59 Å². The first-order valence-electron chi connectivity index (χ1n) is 9.70. The second-order valence-electron chi connectivity index (χ2n) is 7.65. The lowest BCUT2D eigenvalue weighted by atomic mass is 9.92. The summed E-state index contributed by atoms with van der Waals surface area (Å²) in [6, 6.07) is 19.1. The third kappa shape index (κ3) is 3.92. The maximum absolute atomic E-state index is 12.8. The summed E-state index contributed by atoms with van der Waals surface area (Å²) >= 11 is 0. The van der Waals surface area contributed by atoms with Crippen LogP contribution < -0.4 is 5.32 Å². The maximum atomic E-state index is 12.8. The number of hydrogen-bond acceptors (Lipinski definition) is 3. The highest BCUT2D eigenvalue weighted by Gasteiger charge is 2.28. The van der Waals surface area contributed by atoms with Gasteiger partial charge in [0, 0.05) is 17.7 Å². The summed E-state index contributed by atoms with van der Waals surface area (Å²) in [6.07, 6.45) is 0.210. The minimum atomic E-state index is -0.349. The van der Waals surface area contributed by atoms with Crippen molar-refractivity contribution in [2.75, 3.05) is 5.32 Å². The van der Waals surface area contributed by atoms with Gasteiger partial charge in [-0.05, 0) is 67.3 Å². The van der Waals surface area contributed by atoms with Gasteiger partial charge in [-0.15, -0.1) is 0 Å². The zero-order chi connectivity index (χ0) is 20.5. The van der Waals surface area contributed by atoms with E-state index in [0.717, 1.165) is 33.5 Å². The van der Waals surface area contributed by atoms with E-state index in [2.05, 4.69) is 5.32 Å². The van der Waals surface area contributed by atoms with E-state index in [1.165, 1.54) is 0 Å². The van der Waals surface area contributed by atoms with E-state index in [0.29, 0.717) is 17.5 Å². The molecule has 146 valence electrons. The number of rotatable bonds is 3. The Kier molecular flexibility index (Phi) is 4.93. The molecule has 1 aliphatic heterocycles. The molecule has 1 atom stereocenters. The van der Waals surface area contributed by atoms with Crippen LogP contribution in [0.25, 0.3) is 0 Å². The number of cyclic esters (lactones) is 1. The van der Waals surface area contributed by atoms with Crippen molar-refractivity contribution in [2.24, 2.45) is 0 Å². The monoisotopic (exact) mass is 385 g/mol. The lowest BCUT2D eigenvalue weighted by molar-refractivity contribution is 0.0252. The smallest absolute Gasteiger partial charge is 0.339 e. The van der Waals surface area contributed by atoms with Crippen molar-refractivity contribution in [1.29, 1.82) is 0 Å². The van der Waals surface area contributed by atoms with Crippen LogP contribution in [0.15, 0.2) is 60.7 Å². The Bertz CT molecular complexity index is 1100. The van der Waals surface area contributed by atoms with E-state index >= 15 is 0 Å². The molecular weight excluding hydrogens is 362 g/mol. The molecule has 1 amide bonds. The predicted octanol–water partition coefficient (Wildman–Crippen LogP) is 5.32. The van der Waals surface area contributed by atoms with Crippen molar-refractivity contribution in [3.05, 3.63) is 99.6 Å². The SMILES string of the molecule is Cc1ccc([C@@H]2Cc3cc(C(=O)Nc4cc(C)ccc4C)ccc3C(=O)O2)cc1. The highest BCUT2D eigenvalue weighted by Crippen LogP contribution is 2.31. The summed E-state index contributed by atoms with van der Waals surface area (Å²) in [5.41, 5.74) is 6.88. The summed E-state index contributed by atoms with van der Waals surface area (Å²) in [5, 5.41) is 2.98. The Morgan fingerprint density at radius 1 is 0.931 bits per heavy atom. The van der Waals surface area contributed by atoms with Crippen LogP contribution in [0.3, 0.4) is 0 Å². The summed E-state index contributed by atoms with van der Waals surface area (Å²) in [7, 11) is 0. The fraction of sp³-hybridized carbons (Fsp3) is 0.200. The molecule has 0 aliphatic carbocycles. The number of nitrogens with one attached hydrogen (secondary N) is 1. The fourth-order valence-electron chi connectivity index (χ4n) is 3.57. The minimum Gasteiger partial charge on any atom is -0.454 e. The Balaban J connectivity index is 1.60. The molecule has 1 N–H and O–H groups in total. The molecule has 0 fully saturated rings. The summed E-state index contributed by atoms with van der Waals surface area (Å²) in [4.78, 5) is 25.3. The molecule has 0 unspecified atom stereocenters. The van der Waals surface area contributed by atoms with Crippen LogP contribution in [-0.4, -0.2) is 11.9 Å². The number of carbonyl (C=O) groups is 2. The first-order chi connectivity index (χ1) is 13.9. The van der Waals surface area contributed by atoms with Crippen molar-refractivity contribution >= 4 is 17.6 Å². The van der Waals surface area contributed by atoms with E-state index in [-0.39, 0.29) is 18.0 Å². The number of amides is 1. The molecule has 0 saturated heterocycles. The van der Waals surface area contributed by atoms with Crippen LogP contribution in [0, 0.1) is 20.8 Å². The third-order valence-electron chi connectivity index (χ3n) is 5.33. The van der Waals surface area contributed by atoms with E-state index < -0.39 is 0 Å². The van der Waals surface area contributed by atoms with Crippen molar-refractivity contribution in [3.63, 3.8) is 0 Å². The van der Waals surface area contributed by atoms with E-state index in [1.807, 2.05) is 63.2 Å². The van der Waals surface area contributed by atoms with Crippen LogP contribution in [-0.2, 0) is 11.2 Å². The molecule has 0 aromatic heterocycles. The van der Waals surface area contributed by atoms with Gasteiger partial charge in [0.15, 0.2) is 0 Å². The Morgan fingerprint density at radius 2 is 1.66 bits per heavy atom. The summed E-state index contributed by atoms with van der Waals surface area (Å²) in [5.74, 6) is -0.536. The molecule has 1 aliphatic rings. The molecule has 4 nitrogen and oxygen atoms in total. The lowest BCUT2D eigenvalue weighted by Crippen LogP contribution is -2.23. The number of benzene rings is 3. The molecule has 0 spiro atoms. The normalized spacial score (nSPS) is 15.4. The van der Waals surface area contributed by atoms with Gasteiger partial charge in [-0.3, -0.25) is 4.79 Å². The zero-order valence-corrected chi connectivity index (χ0v) is 16.8. The van der Waals surface area contributed by atoms with Crippen LogP contribution in [0.1, 0.15) is 54.6 Å². The number of carbonyl (C=O) groups excluding carboxylic acids is 2. The number of ether oxygens (including phenoxy) is 1. The van der Waals surface area contributed by atoms with Crippen LogP contribution >= 0.6 is 0 Å². The van der Waals surface area contributed by atoms with Crippen molar-refractivity contribution in [2.45, 2.75) is 33.3 Å². The number of fused-ring (bicyclic) bond motifs is 1. The number of anilines is 1. The largest absolute Gasteiger partial charge is 0.454 e. The standard InChI is InChI=1S/C25H23NO3/c1-15-5-8-18(9-6-15)23-14-20-13-19(10-11-21(20)25(28)29-23)24(27)26-22-12-16(2)4-7-17(22)3/h4-13,23H,14H2,1-3H3,(H,26,27)/t23-/m0/s1. The van der Waals surface area contributed by atoms with Crippen LogP contribution in [0.5, 0.6) is 0 Å².